The predicted octanol–water partition coefficient (Wildman–Crippen LogP) is 5.71. The molecular weight excluding hydrogens is 556 g/mol. The van der Waals surface area contributed by atoms with Gasteiger partial charge in [0.15, 0.2) is 0 Å². The van der Waals surface area contributed by atoms with Gasteiger partial charge in [-0.05, 0) is 95.5 Å². The molecule has 1 spiro atoms. The molecule has 0 saturated carbocycles. The van der Waals surface area contributed by atoms with E-state index in [1.807, 2.05) is 31.3 Å². The van der Waals surface area contributed by atoms with E-state index in [1.54, 1.807) is 27.7 Å². The number of esters is 1. The highest BCUT2D eigenvalue weighted by atomic mass is 16.6. The number of hydrogen-bond donors (Lipinski definition) is 3. The summed E-state index contributed by atoms with van der Waals surface area (Å²) in [4.78, 5) is 43.9. The van der Waals surface area contributed by atoms with Crippen LogP contribution < -0.4 is 10.6 Å². The van der Waals surface area contributed by atoms with E-state index in [-0.39, 0.29) is 29.3 Å². The lowest BCUT2D eigenvalue weighted by Crippen LogP contribution is -2.50. The highest BCUT2D eigenvalue weighted by Crippen LogP contribution is 2.52. The summed E-state index contributed by atoms with van der Waals surface area (Å²) in [6, 6.07) is 15.6. The fourth-order valence-electron chi connectivity index (χ4n) is 6.98. The van der Waals surface area contributed by atoms with Crippen molar-refractivity contribution >= 4 is 28.9 Å². The number of hydrogen-bond acceptors (Lipinski definition) is 6. The van der Waals surface area contributed by atoms with Crippen molar-refractivity contribution in [2.75, 3.05) is 26.2 Å². The van der Waals surface area contributed by atoms with Gasteiger partial charge in [0.25, 0.3) is 0 Å². The van der Waals surface area contributed by atoms with E-state index in [4.69, 9.17) is 9.47 Å². The van der Waals surface area contributed by atoms with Gasteiger partial charge in [-0.15, -0.1) is 0 Å². The number of carbonyl (C=O) groups is 3. The summed E-state index contributed by atoms with van der Waals surface area (Å²) in [5, 5.41) is 6.95. The normalized spacial score (nSPS) is 19.2. The summed E-state index contributed by atoms with van der Waals surface area (Å²) < 4.78 is 10.7. The number of ether oxygens (including phenoxy) is 2. The smallest absolute Gasteiger partial charge is 0.408 e. The maximum Gasteiger partial charge on any atom is 0.408 e. The van der Waals surface area contributed by atoms with Crippen LogP contribution in [-0.2, 0) is 24.5 Å². The summed E-state index contributed by atoms with van der Waals surface area (Å²) in [6.45, 7) is 11.7. The fourth-order valence-corrected chi connectivity index (χ4v) is 6.98. The Morgan fingerprint density at radius 1 is 1.05 bits per heavy atom. The predicted molar refractivity (Wildman–Crippen MR) is 170 cm³/mol. The molecule has 1 fully saturated rings. The third-order valence-electron chi connectivity index (χ3n) is 9.02. The van der Waals surface area contributed by atoms with Crippen molar-refractivity contribution in [2.24, 2.45) is 0 Å². The molecule has 5 rings (SSSR count). The average molecular weight is 603 g/mol. The zero-order valence-electron chi connectivity index (χ0n) is 26.6. The number of piperidine rings is 1. The van der Waals surface area contributed by atoms with Crippen molar-refractivity contribution in [2.45, 2.75) is 89.3 Å². The van der Waals surface area contributed by atoms with Gasteiger partial charge in [0, 0.05) is 29.2 Å². The second-order valence-electron chi connectivity index (χ2n) is 13.3. The SMILES string of the molecule is CCOC(=O)CC1CC2(CCN(CC(NC(=O)C(C)NC(=O)OC(C)(C)C)c3c[nH]c4ccccc34)CC2)c2ccccc21. The minimum absolute atomic E-state index is 0.0373. The molecule has 1 aliphatic heterocycles. The number of nitrogens with zero attached hydrogens (tertiary/aromatic N) is 1. The van der Waals surface area contributed by atoms with Crippen LogP contribution in [-0.4, -0.2) is 65.7 Å². The van der Waals surface area contributed by atoms with Crippen LogP contribution in [0.3, 0.4) is 0 Å². The van der Waals surface area contributed by atoms with E-state index in [1.165, 1.54) is 11.1 Å². The maximum absolute atomic E-state index is 13.4. The lowest BCUT2D eigenvalue weighted by Gasteiger charge is -2.41. The summed E-state index contributed by atoms with van der Waals surface area (Å²) in [5.74, 6) is -0.227. The van der Waals surface area contributed by atoms with Crippen molar-refractivity contribution in [1.82, 2.24) is 20.5 Å². The minimum atomic E-state index is -0.770. The van der Waals surface area contributed by atoms with Gasteiger partial charge in [0.1, 0.15) is 11.6 Å². The molecule has 0 bridgehead atoms. The number of rotatable bonds is 9. The van der Waals surface area contributed by atoms with Crippen molar-refractivity contribution in [1.29, 1.82) is 0 Å². The molecule has 9 heteroatoms. The highest BCUT2D eigenvalue weighted by molar-refractivity contribution is 5.87. The van der Waals surface area contributed by atoms with Gasteiger partial charge in [0.2, 0.25) is 5.91 Å². The number of benzene rings is 2. The Labute approximate surface area is 260 Å². The number of para-hydroxylation sites is 1. The fraction of sp³-hybridized carbons (Fsp3) is 0.514. The van der Waals surface area contributed by atoms with E-state index >= 15 is 0 Å². The average Bonchev–Trinajstić information content (AvgIpc) is 3.53. The van der Waals surface area contributed by atoms with E-state index in [0.29, 0.717) is 19.6 Å². The van der Waals surface area contributed by atoms with Crippen molar-refractivity contribution in [3.63, 3.8) is 0 Å². The van der Waals surface area contributed by atoms with Crippen LogP contribution in [0.5, 0.6) is 0 Å². The number of nitrogens with one attached hydrogen (secondary N) is 3. The molecule has 2 heterocycles. The van der Waals surface area contributed by atoms with E-state index < -0.39 is 17.7 Å². The first-order valence-corrected chi connectivity index (χ1v) is 15.8. The third-order valence-corrected chi connectivity index (χ3v) is 9.02. The molecule has 236 valence electrons. The monoisotopic (exact) mass is 602 g/mol. The van der Waals surface area contributed by atoms with Gasteiger partial charge in [-0.25, -0.2) is 4.79 Å². The van der Waals surface area contributed by atoms with Crippen LogP contribution in [0.25, 0.3) is 10.9 Å². The largest absolute Gasteiger partial charge is 0.466 e. The van der Waals surface area contributed by atoms with Crippen LogP contribution in [0.1, 0.15) is 89.0 Å². The molecule has 0 radical (unpaired) electrons. The number of fused-ring (bicyclic) bond motifs is 3. The molecular formula is C35H46N4O5. The molecule has 3 unspecified atom stereocenters. The lowest BCUT2D eigenvalue weighted by molar-refractivity contribution is -0.143. The van der Waals surface area contributed by atoms with Crippen molar-refractivity contribution < 1.29 is 23.9 Å². The zero-order chi connectivity index (χ0) is 31.5. The molecule has 1 aromatic heterocycles. The van der Waals surface area contributed by atoms with Crippen LogP contribution in [0.15, 0.2) is 54.7 Å². The Morgan fingerprint density at radius 2 is 1.75 bits per heavy atom. The second kappa shape index (κ2) is 13.0. The molecule has 2 aromatic carbocycles. The number of alkyl carbamates (subject to hydrolysis) is 1. The molecule has 1 saturated heterocycles. The van der Waals surface area contributed by atoms with Gasteiger partial charge in [-0.3, -0.25) is 9.59 Å². The molecule has 3 aromatic rings. The molecule has 1 aliphatic carbocycles. The lowest BCUT2D eigenvalue weighted by atomic mass is 9.73. The van der Waals surface area contributed by atoms with Gasteiger partial charge >= 0.3 is 12.1 Å². The molecule has 9 nitrogen and oxygen atoms in total. The first kappa shape index (κ1) is 31.6. The van der Waals surface area contributed by atoms with Gasteiger partial charge in [0.05, 0.1) is 19.1 Å². The zero-order valence-corrected chi connectivity index (χ0v) is 26.6. The molecule has 3 N–H and O–H groups in total. The Bertz CT molecular complexity index is 1480. The number of H-pyrrole nitrogens is 1. The summed E-state index contributed by atoms with van der Waals surface area (Å²) >= 11 is 0. The second-order valence-corrected chi connectivity index (χ2v) is 13.3. The topological polar surface area (TPSA) is 113 Å². The van der Waals surface area contributed by atoms with Gasteiger partial charge < -0.3 is 30.0 Å². The quantitative estimate of drug-likeness (QED) is 0.271. The molecule has 3 atom stereocenters. The Balaban J connectivity index is 1.30. The molecule has 2 amide bonds. The van der Waals surface area contributed by atoms with E-state index in [9.17, 15) is 14.4 Å². The third kappa shape index (κ3) is 7.09. The van der Waals surface area contributed by atoms with Crippen LogP contribution >= 0.6 is 0 Å². The summed E-state index contributed by atoms with van der Waals surface area (Å²) in [6.07, 6.45) is 4.68. The van der Waals surface area contributed by atoms with Crippen molar-refractivity contribution in [3.05, 3.63) is 71.4 Å². The molecule has 2 aliphatic rings. The van der Waals surface area contributed by atoms with Crippen LogP contribution in [0.4, 0.5) is 4.79 Å². The number of amides is 2. The summed E-state index contributed by atoms with van der Waals surface area (Å²) in [7, 11) is 0. The van der Waals surface area contributed by atoms with E-state index in [0.717, 1.165) is 48.8 Å². The Morgan fingerprint density at radius 3 is 2.48 bits per heavy atom. The standard InChI is InChI=1S/C35H46N4O5/c1-6-43-31(40)19-24-20-35(28-13-9-7-11-25(24)28)15-17-39(18-16-35)22-30(27-21-36-29-14-10-8-12-26(27)29)38-32(41)23(2)37-33(42)44-34(3,4)5/h7-14,21,23-24,30,36H,6,15-20,22H2,1-5H3,(H,37,42)(H,38,41). The highest BCUT2D eigenvalue weighted by Gasteiger charge is 2.46. The van der Waals surface area contributed by atoms with Gasteiger partial charge in [-0.2, -0.15) is 0 Å². The van der Waals surface area contributed by atoms with Gasteiger partial charge in [-0.1, -0.05) is 42.5 Å². The first-order chi connectivity index (χ1) is 21.0. The molecule has 44 heavy (non-hydrogen) atoms. The van der Waals surface area contributed by atoms with Crippen molar-refractivity contribution in [3.8, 4) is 0 Å². The Kier molecular flexibility index (Phi) is 9.34. The number of carbonyl (C=O) groups excluding carboxylic acids is 3. The Hall–Kier alpha value is -3.85. The number of aromatic amines is 1. The summed E-state index contributed by atoms with van der Waals surface area (Å²) in [5.41, 5.74) is 4.06. The first-order valence-electron chi connectivity index (χ1n) is 15.8. The minimum Gasteiger partial charge on any atom is -0.466 e. The number of aromatic nitrogens is 1. The maximum atomic E-state index is 13.4. The van der Waals surface area contributed by atoms with Crippen LogP contribution in [0.2, 0.25) is 0 Å². The van der Waals surface area contributed by atoms with E-state index in [2.05, 4.69) is 50.8 Å². The van der Waals surface area contributed by atoms with Crippen LogP contribution in [0, 0.1) is 0 Å². The number of likely N-dealkylation sites (tertiary alicyclic amines) is 1.